The fourth-order valence-corrected chi connectivity index (χ4v) is 5.34. The molecule has 1 aromatic heterocycles. The second-order valence-electron chi connectivity index (χ2n) is 11.0. The number of methoxy groups -OCH3 is 1. The second kappa shape index (κ2) is 12.4. The number of nitrogens with one attached hydrogen (secondary N) is 2. The van der Waals surface area contributed by atoms with E-state index in [1.165, 1.54) is 0 Å². The van der Waals surface area contributed by atoms with Gasteiger partial charge < -0.3 is 24.7 Å². The second-order valence-corrected chi connectivity index (χ2v) is 16.2. The van der Waals surface area contributed by atoms with Crippen LogP contribution in [0.3, 0.4) is 0 Å². The first kappa shape index (κ1) is 28.4. The van der Waals surface area contributed by atoms with Crippen LogP contribution < -0.4 is 15.4 Å². The van der Waals surface area contributed by atoms with Crippen LogP contribution in [0.2, 0.25) is 23.2 Å². The number of ether oxygens (including phenoxy) is 1. The highest BCUT2D eigenvalue weighted by atomic mass is 35.5. The van der Waals surface area contributed by atoms with Gasteiger partial charge in [0.05, 0.1) is 13.3 Å². The third-order valence-electron chi connectivity index (χ3n) is 7.38. The first-order valence-corrected chi connectivity index (χ1v) is 16.0. The standard InChI is InChI=1S/C27H41ClN4O3Si/c1-27(2,3)36(5,6)35-17-7-15-32-16-14-25(23(19-32)24-13-12-22(34-4)18-29-24)31-26(33)30-21-10-8-20(28)9-11-21/h8-13,18,23,25H,7,14-17,19H2,1-6H3,(H2,30,31,33)/t23-,25+/m0/s1. The number of aromatic nitrogens is 1. The third-order valence-corrected chi connectivity index (χ3v) is 12.2. The van der Waals surface area contributed by atoms with Crippen LogP contribution in [-0.2, 0) is 4.43 Å². The summed E-state index contributed by atoms with van der Waals surface area (Å²) < 4.78 is 11.7. The number of carbonyl (C=O) groups excluding carboxylic acids is 1. The summed E-state index contributed by atoms with van der Waals surface area (Å²) in [6.45, 7) is 14.9. The summed E-state index contributed by atoms with van der Waals surface area (Å²) in [5, 5.41) is 6.94. The number of hydrogen-bond acceptors (Lipinski definition) is 5. The fourth-order valence-electron chi connectivity index (χ4n) is 4.13. The summed E-state index contributed by atoms with van der Waals surface area (Å²) in [7, 11) is -0.0986. The average molecular weight is 533 g/mol. The molecular weight excluding hydrogens is 492 g/mol. The molecule has 2 N–H and O–H groups in total. The Morgan fingerprint density at radius 1 is 1.19 bits per heavy atom. The number of amides is 2. The molecule has 198 valence electrons. The normalized spacial score (nSPS) is 19.1. The summed E-state index contributed by atoms with van der Waals surface area (Å²) >= 11 is 5.96. The van der Waals surface area contributed by atoms with Gasteiger partial charge in [-0.3, -0.25) is 4.98 Å². The van der Waals surface area contributed by atoms with E-state index in [4.69, 9.17) is 20.8 Å². The van der Waals surface area contributed by atoms with E-state index in [0.29, 0.717) is 10.7 Å². The first-order chi connectivity index (χ1) is 17.0. The third kappa shape index (κ3) is 7.93. The number of pyridine rings is 1. The van der Waals surface area contributed by atoms with Crippen molar-refractivity contribution in [1.29, 1.82) is 0 Å². The van der Waals surface area contributed by atoms with E-state index in [1.807, 2.05) is 12.1 Å². The molecule has 0 unspecified atom stereocenters. The van der Waals surface area contributed by atoms with Crippen molar-refractivity contribution in [2.75, 3.05) is 38.7 Å². The van der Waals surface area contributed by atoms with Crippen molar-refractivity contribution in [3.63, 3.8) is 0 Å². The number of carbonyl (C=O) groups is 1. The predicted molar refractivity (Wildman–Crippen MR) is 150 cm³/mol. The number of likely N-dealkylation sites (tertiary alicyclic amines) is 1. The monoisotopic (exact) mass is 532 g/mol. The minimum absolute atomic E-state index is 0.0297. The van der Waals surface area contributed by atoms with Crippen molar-refractivity contribution in [3.8, 4) is 5.75 Å². The van der Waals surface area contributed by atoms with Gasteiger partial charge in [-0.15, -0.1) is 0 Å². The predicted octanol–water partition coefficient (Wildman–Crippen LogP) is 6.14. The summed E-state index contributed by atoms with van der Waals surface area (Å²) in [5.74, 6) is 0.793. The van der Waals surface area contributed by atoms with E-state index < -0.39 is 8.32 Å². The first-order valence-electron chi connectivity index (χ1n) is 12.7. The van der Waals surface area contributed by atoms with Crippen LogP contribution in [0.5, 0.6) is 5.75 Å². The van der Waals surface area contributed by atoms with Gasteiger partial charge in [0.25, 0.3) is 0 Å². The molecule has 1 aliphatic heterocycles. The molecule has 0 saturated carbocycles. The van der Waals surface area contributed by atoms with Gasteiger partial charge in [-0.2, -0.15) is 0 Å². The number of urea groups is 1. The van der Waals surface area contributed by atoms with Crippen LogP contribution >= 0.6 is 11.6 Å². The molecule has 2 amide bonds. The molecule has 2 heterocycles. The van der Waals surface area contributed by atoms with Crippen LogP contribution in [0.4, 0.5) is 10.5 Å². The number of piperidine rings is 1. The maximum atomic E-state index is 12.8. The van der Waals surface area contributed by atoms with E-state index in [9.17, 15) is 4.79 Å². The van der Waals surface area contributed by atoms with Crippen LogP contribution in [0, 0.1) is 0 Å². The zero-order valence-electron chi connectivity index (χ0n) is 22.4. The smallest absolute Gasteiger partial charge is 0.319 e. The van der Waals surface area contributed by atoms with E-state index >= 15 is 0 Å². The quantitative estimate of drug-likeness (QED) is 0.300. The molecule has 1 aromatic carbocycles. The molecule has 7 nitrogen and oxygen atoms in total. The number of nitrogens with zero attached hydrogens (tertiary/aromatic N) is 2. The van der Waals surface area contributed by atoms with Crippen LogP contribution in [-0.4, -0.2) is 63.6 Å². The van der Waals surface area contributed by atoms with Crippen molar-refractivity contribution >= 4 is 31.6 Å². The highest BCUT2D eigenvalue weighted by molar-refractivity contribution is 6.74. The van der Waals surface area contributed by atoms with Crippen LogP contribution in [0.15, 0.2) is 42.6 Å². The molecule has 9 heteroatoms. The lowest BCUT2D eigenvalue weighted by molar-refractivity contribution is 0.160. The van der Waals surface area contributed by atoms with E-state index in [1.54, 1.807) is 37.6 Å². The summed E-state index contributed by atoms with van der Waals surface area (Å²) in [6.07, 6.45) is 3.58. The number of benzene rings is 1. The van der Waals surface area contributed by atoms with Crippen molar-refractivity contribution in [3.05, 3.63) is 53.3 Å². The lowest BCUT2D eigenvalue weighted by Gasteiger charge is -2.39. The number of hydrogen-bond donors (Lipinski definition) is 2. The maximum Gasteiger partial charge on any atom is 0.319 e. The van der Waals surface area contributed by atoms with Gasteiger partial charge in [0.1, 0.15) is 5.75 Å². The van der Waals surface area contributed by atoms with Gasteiger partial charge in [0.15, 0.2) is 8.32 Å². The molecule has 1 fully saturated rings. The van der Waals surface area contributed by atoms with Crippen LogP contribution in [0.25, 0.3) is 0 Å². The molecule has 1 aliphatic rings. The molecule has 0 aliphatic carbocycles. The average Bonchev–Trinajstić information content (AvgIpc) is 2.83. The highest BCUT2D eigenvalue weighted by Crippen LogP contribution is 2.36. The summed E-state index contributed by atoms with van der Waals surface area (Å²) in [4.78, 5) is 19.9. The van der Waals surface area contributed by atoms with Gasteiger partial charge in [-0.05, 0) is 67.4 Å². The molecular formula is C27H41ClN4O3Si. The molecule has 1 saturated heterocycles. The van der Waals surface area contributed by atoms with Crippen LogP contribution in [0.1, 0.15) is 45.2 Å². The minimum Gasteiger partial charge on any atom is -0.495 e. The number of halogens is 1. The van der Waals surface area contributed by atoms with Gasteiger partial charge in [-0.1, -0.05) is 32.4 Å². The van der Waals surface area contributed by atoms with E-state index in [2.05, 4.69) is 54.4 Å². The van der Waals surface area contributed by atoms with Crippen molar-refractivity contribution < 1.29 is 14.0 Å². The lowest BCUT2D eigenvalue weighted by Crippen LogP contribution is -2.51. The Morgan fingerprint density at radius 3 is 2.53 bits per heavy atom. The van der Waals surface area contributed by atoms with Gasteiger partial charge >= 0.3 is 6.03 Å². The highest BCUT2D eigenvalue weighted by Gasteiger charge is 2.37. The van der Waals surface area contributed by atoms with E-state index in [0.717, 1.165) is 50.5 Å². The Balaban J connectivity index is 1.62. The molecule has 0 spiro atoms. The molecule has 2 aromatic rings. The van der Waals surface area contributed by atoms with Crippen molar-refractivity contribution in [2.24, 2.45) is 0 Å². The van der Waals surface area contributed by atoms with Gasteiger partial charge in [0, 0.05) is 54.6 Å². The Morgan fingerprint density at radius 2 is 1.92 bits per heavy atom. The van der Waals surface area contributed by atoms with Crippen molar-refractivity contribution in [2.45, 2.75) is 63.7 Å². The molecule has 36 heavy (non-hydrogen) atoms. The molecule has 0 radical (unpaired) electrons. The fraction of sp³-hybridized carbons (Fsp3) is 0.556. The minimum atomic E-state index is -1.73. The zero-order chi connectivity index (χ0) is 26.3. The Kier molecular flexibility index (Phi) is 9.80. The number of anilines is 1. The SMILES string of the molecule is COc1ccc([C@@H]2CN(CCCO[Si](C)(C)C(C)(C)C)CC[C@H]2NC(=O)Nc2ccc(Cl)cc2)nc1. The number of rotatable bonds is 9. The lowest BCUT2D eigenvalue weighted by atomic mass is 9.88. The van der Waals surface area contributed by atoms with Gasteiger partial charge in [-0.25, -0.2) is 4.79 Å². The Labute approximate surface area is 222 Å². The Hall–Kier alpha value is -2.13. The topological polar surface area (TPSA) is 75.7 Å². The van der Waals surface area contributed by atoms with E-state index in [-0.39, 0.29) is 23.0 Å². The molecule has 0 bridgehead atoms. The molecule has 2 atom stereocenters. The zero-order valence-corrected chi connectivity index (χ0v) is 24.2. The largest absolute Gasteiger partial charge is 0.495 e. The van der Waals surface area contributed by atoms with Gasteiger partial charge in [0.2, 0.25) is 0 Å². The Bertz CT molecular complexity index is 980. The van der Waals surface area contributed by atoms with Crippen molar-refractivity contribution in [1.82, 2.24) is 15.2 Å². The summed E-state index contributed by atoms with van der Waals surface area (Å²) in [5.41, 5.74) is 1.66. The molecule has 3 rings (SSSR count). The maximum absolute atomic E-state index is 12.8. The summed E-state index contributed by atoms with van der Waals surface area (Å²) in [6, 6.07) is 10.8.